The minimum absolute atomic E-state index is 0.000862. The molecule has 0 amide bonds. The Morgan fingerprint density at radius 1 is 0.704 bits per heavy atom. The largest absolute Gasteiger partial charge is 0.277 e. The number of rotatable bonds is 2. The van der Waals surface area contributed by atoms with E-state index in [9.17, 15) is 16.8 Å². The van der Waals surface area contributed by atoms with Gasteiger partial charge in [-0.15, -0.1) is 0 Å². The van der Waals surface area contributed by atoms with E-state index in [2.05, 4.69) is 20.0 Å². The number of aliphatic imine (C=N–C) groups is 2. The lowest BCUT2D eigenvalue weighted by Gasteiger charge is -1.96. The molecule has 0 N–H and O–H groups in total. The van der Waals surface area contributed by atoms with Gasteiger partial charge in [-0.3, -0.25) is 0 Å². The zero-order valence-electron chi connectivity index (χ0n) is 13.7. The molecular weight excluding hydrogens is 388 g/mol. The highest BCUT2D eigenvalue weighted by molar-refractivity contribution is 7.74. The van der Waals surface area contributed by atoms with Gasteiger partial charge in [0.2, 0.25) is 15.3 Å². The molecule has 27 heavy (non-hydrogen) atoms. The average molecular weight is 400 g/mol. The number of hydrogen-bond acceptors (Lipinski definition) is 5. The first-order valence-corrected chi connectivity index (χ1v) is 9.78. The highest BCUT2D eigenvalue weighted by atomic mass is 32.2. The van der Waals surface area contributed by atoms with E-state index in [4.69, 9.17) is 0 Å². The molecule has 0 spiro atoms. The number of amidine groups is 1. The first-order valence-electron chi connectivity index (χ1n) is 7.63. The summed E-state index contributed by atoms with van der Waals surface area (Å²) < 4.78 is 42.0. The van der Waals surface area contributed by atoms with Crippen molar-refractivity contribution in [2.24, 2.45) is 20.0 Å². The van der Waals surface area contributed by atoms with Crippen LogP contribution in [0.1, 0.15) is 5.56 Å². The molecule has 0 aromatic heterocycles. The van der Waals surface area contributed by atoms with E-state index in [0.717, 1.165) is 5.56 Å². The van der Waals surface area contributed by atoms with Crippen LogP contribution in [0.5, 0.6) is 0 Å². The third-order valence-electron chi connectivity index (χ3n) is 3.40. The topological polar surface area (TPSA) is 118 Å². The Balaban J connectivity index is 0.000000159. The highest BCUT2D eigenvalue weighted by Gasteiger charge is 2.08. The normalized spacial score (nSPS) is 13.7. The molecule has 136 valence electrons. The molecule has 2 aliphatic rings. The Hall–Kier alpha value is -3.24. The van der Waals surface area contributed by atoms with E-state index >= 15 is 0 Å². The van der Waals surface area contributed by atoms with E-state index in [0.29, 0.717) is 23.0 Å². The first kappa shape index (κ1) is 18.5. The molecule has 2 aliphatic heterocycles. The van der Waals surface area contributed by atoms with Gasteiger partial charge in [-0.05, 0) is 17.7 Å². The van der Waals surface area contributed by atoms with E-state index in [-0.39, 0.29) is 10.1 Å². The van der Waals surface area contributed by atoms with Crippen LogP contribution in [0.2, 0.25) is 0 Å². The van der Waals surface area contributed by atoms with Gasteiger partial charge in [0.1, 0.15) is 5.84 Å². The van der Waals surface area contributed by atoms with Crippen LogP contribution in [0.15, 0.2) is 74.6 Å². The van der Waals surface area contributed by atoms with Crippen LogP contribution in [0, 0.1) is 0 Å². The van der Waals surface area contributed by atoms with Crippen molar-refractivity contribution in [3.8, 4) is 0 Å². The second-order valence-electron chi connectivity index (χ2n) is 5.25. The van der Waals surface area contributed by atoms with Crippen LogP contribution in [-0.4, -0.2) is 39.0 Å². The van der Waals surface area contributed by atoms with Crippen molar-refractivity contribution in [3.63, 3.8) is 0 Å². The molecule has 0 bridgehead atoms. The third kappa shape index (κ3) is 4.90. The second kappa shape index (κ2) is 8.43. The molecule has 0 saturated carbocycles. The summed E-state index contributed by atoms with van der Waals surface area (Å²) in [5, 5.41) is 1.07. The molecule has 2 aromatic carbocycles. The van der Waals surface area contributed by atoms with E-state index in [1.807, 2.05) is 30.3 Å². The predicted octanol–water partition coefficient (Wildman–Crippen LogP) is -0.373. The summed E-state index contributed by atoms with van der Waals surface area (Å²) in [6.07, 6.45) is 1.82. The molecule has 2 heterocycles. The van der Waals surface area contributed by atoms with Gasteiger partial charge in [0.05, 0.1) is 16.9 Å². The maximum atomic E-state index is 10.6. The van der Waals surface area contributed by atoms with Crippen molar-refractivity contribution >= 4 is 42.7 Å². The molecule has 0 unspecified atom stereocenters. The summed E-state index contributed by atoms with van der Waals surface area (Å²) in [5.41, 5.74) is 1.06. The predicted molar refractivity (Wildman–Crippen MR) is 103 cm³/mol. The first-order chi connectivity index (χ1) is 13.0. The van der Waals surface area contributed by atoms with Crippen molar-refractivity contribution in [1.29, 1.82) is 0 Å². The minimum Gasteiger partial charge on any atom is -0.238 e. The lowest BCUT2D eigenvalue weighted by atomic mass is 10.1. The lowest BCUT2D eigenvalue weighted by molar-refractivity contribution is 0.625. The fraction of sp³-hybridized carbons (Fsp3) is 0.0588. The van der Waals surface area contributed by atoms with Crippen LogP contribution in [0.3, 0.4) is 0 Å². The molecule has 4 rings (SSSR count). The maximum absolute atomic E-state index is 10.6. The fourth-order valence-corrected chi connectivity index (χ4v) is 2.88. The van der Waals surface area contributed by atoms with E-state index < -0.39 is 20.6 Å². The Kier molecular flexibility index (Phi) is 5.79. The van der Waals surface area contributed by atoms with Crippen LogP contribution in [0.25, 0.3) is 0 Å². The van der Waals surface area contributed by atoms with Crippen molar-refractivity contribution in [2.45, 2.75) is 6.42 Å². The van der Waals surface area contributed by atoms with Gasteiger partial charge in [-0.25, -0.2) is 20.0 Å². The molecule has 0 radical (unpaired) electrons. The lowest BCUT2D eigenvalue weighted by Crippen LogP contribution is -2.19. The molecule has 2 aromatic rings. The summed E-state index contributed by atoms with van der Waals surface area (Å²) in [5.74, 6) is 0.528. The Morgan fingerprint density at radius 3 is 1.81 bits per heavy atom. The van der Waals surface area contributed by atoms with Crippen molar-refractivity contribution in [2.75, 3.05) is 0 Å². The van der Waals surface area contributed by atoms with Gasteiger partial charge < -0.3 is 0 Å². The van der Waals surface area contributed by atoms with E-state index in [1.54, 1.807) is 24.3 Å². The molecule has 0 saturated heterocycles. The number of hydrogen-bond donors (Lipinski definition) is 0. The number of fused-ring (bicyclic) bond motifs is 1. The minimum atomic E-state index is -2.33. The Labute approximate surface area is 157 Å². The van der Waals surface area contributed by atoms with Crippen LogP contribution < -0.4 is 10.7 Å². The molecule has 0 fully saturated rings. The highest BCUT2D eigenvalue weighted by Crippen LogP contribution is 2.04. The van der Waals surface area contributed by atoms with Crippen molar-refractivity contribution in [3.05, 3.63) is 70.9 Å². The number of nitrogens with zero attached hydrogens (tertiary/aromatic N) is 4. The number of para-hydroxylation sites is 2. The SMILES string of the molecule is O=S(=O)=C1C=NC(Cc2ccccc2)=N1.O=S(=O)=C1N=c2ccccc2=N1. The summed E-state index contributed by atoms with van der Waals surface area (Å²) in [6, 6.07) is 16.7. The third-order valence-corrected chi connectivity index (χ3v) is 4.42. The van der Waals surface area contributed by atoms with E-state index in [1.165, 1.54) is 6.21 Å². The quantitative estimate of drug-likeness (QED) is 0.639. The Bertz CT molecular complexity index is 1290. The van der Waals surface area contributed by atoms with Gasteiger partial charge in [-0.1, -0.05) is 42.5 Å². The average Bonchev–Trinajstić information content (AvgIpc) is 3.30. The molecule has 0 atom stereocenters. The monoisotopic (exact) mass is 400 g/mol. The molecule has 8 nitrogen and oxygen atoms in total. The number of benzene rings is 2. The van der Waals surface area contributed by atoms with Crippen LogP contribution in [-0.2, 0) is 27.0 Å². The standard InChI is InChI=1S/C10H8N2O2S.C7H4N2O2S/c13-15(14)10-7-11-9(12-10)6-8-4-2-1-3-5-8;10-12(11)7-8-5-3-1-2-4-6(5)9-7/h1-5,7H,6H2;1-4H. The zero-order chi connectivity index (χ0) is 19.2. The maximum Gasteiger partial charge on any atom is 0.277 e. The molecular formula is C17H12N4O4S2. The van der Waals surface area contributed by atoms with Gasteiger partial charge in [0.15, 0.2) is 0 Å². The van der Waals surface area contributed by atoms with Crippen LogP contribution >= 0.6 is 0 Å². The van der Waals surface area contributed by atoms with Crippen molar-refractivity contribution in [1.82, 2.24) is 0 Å². The summed E-state index contributed by atoms with van der Waals surface area (Å²) in [7, 11) is -4.62. The summed E-state index contributed by atoms with van der Waals surface area (Å²) in [6.45, 7) is 0. The summed E-state index contributed by atoms with van der Waals surface area (Å²) >= 11 is 0. The Morgan fingerprint density at radius 2 is 1.30 bits per heavy atom. The van der Waals surface area contributed by atoms with Crippen LogP contribution in [0.4, 0.5) is 0 Å². The molecule has 10 heteroatoms. The van der Waals surface area contributed by atoms with Gasteiger partial charge in [0, 0.05) is 6.42 Å². The molecule has 0 aliphatic carbocycles. The van der Waals surface area contributed by atoms with Gasteiger partial charge in [0.25, 0.3) is 15.4 Å². The van der Waals surface area contributed by atoms with Gasteiger partial charge >= 0.3 is 0 Å². The second-order valence-corrected chi connectivity index (χ2v) is 6.97. The van der Waals surface area contributed by atoms with Gasteiger partial charge in [-0.2, -0.15) is 16.8 Å². The fourth-order valence-electron chi connectivity index (χ4n) is 2.22. The van der Waals surface area contributed by atoms with Crippen molar-refractivity contribution < 1.29 is 16.8 Å². The zero-order valence-corrected chi connectivity index (χ0v) is 15.4. The summed E-state index contributed by atoms with van der Waals surface area (Å²) in [4.78, 5) is 15.4. The smallest absolute Gasteiger partial charge is 0.238 e.